The minimum atomic E-state index is -4.11. The zero-order valence-electron chi connectivity index (χ0n) is 21.6. The number of sulfonamides is 1. The third-order valence-electron chi connectivity index (χ3n) is 6.93. The monoisotopic (exact) mass is 571 g/mol. The van der Waals surface area contributed by atoms with Crippen molar-refractivity contribution in [3.8, 4) is 11.3 Å². The van der Waals surface area contributed by atoms with Gasteiger partial charge in [-0.15, -0.1) is 0 Å². The molecule has 0 spiro atoms. The Morgan fingerprint density at radius 1 is 1.10 bits per heavy atom. The number of benzene rings is 3. The number of Topliss-reactive ketones (excluding diaryl/α,β-unsaturated/α-hetero) is 1. The van der Waals surface area contributed by atoms with Crippen LogP contribution in [-0.4, -0.2) is 37.6 Å². The summed E-state index contributed by atoms with van der Waals surface area (Å²) < 4.78 is 74.6. The number of halogens is 3. The molecule has 4 aromatic rings. The largest absolute Gasteiger partial charge is 0.488 e. The SMILES string of the molecule is CCC(=O)c1c(-c2ccc(F)cc2)oc2cc(N(c3ccc(B(O)O)c(C(F)F)c3)S(C)(=O)=O)c(C3CC3)cc12. The Morgan fingerprint density at radius 3 is 2.33 bits per heavy atom. The van der Waals surface area contributed by atoms with E-state index in [0.717, 1.165) is 35.5 Å². The van der Waals surface area contributed by atoms with E-state index in [-0.39, 0.29) is 40.8 Å². The number of carbonyl (C=O) groups excluding carboxylic acids is 1. The van der Waals surface area contributed by atoms with Gasteiger partial charge in [0.15, 0.2) is 5.78 Å². The molecule has 3 aromatic carbocycles. The fraction of sp³-hybridized carbons (Fsp3) is 0.250. The van der Waals surface area contributed by atoms with Gasteiger partial charge in [0.1, 0.15) is 17.2 Å². The van der Waals surface area contributed by atoms with Crippen molar-refractivity contribution in [3.63, 3.8) is 0 Å². The Hall–Kier alpha value is -3.61. The highest BCUT2D eigenvalue weighted by atomic mass is 32.2. The Morgan fingerprint density at radius 2 is 1.77 bits per heavy atom. The smallest absolute Gasteiger partial charge is 0.455 e. The highest BCUT2D eigenvalue weighted by Gasteiger charge is 2.34. The number of anilines is 2. The van der Waals surface area contributed by atoms with Gasteiger partial charge in [0.25, 0.3) is 6.43 Å². The molecule has 208 valence electrons. The second-order valence-electron chi connectivity index (χ2n) is 9.79. The highest BCUT2D eigenvalue weighted by molar-refractivity contribution is 7.92. The first-order valence-electron chi connectivity index (χ1n) is 12.6. The molecule has 2 N–H and O–H groups in total. The lowest BCUT2D eigenvalue weighted by Crippen LogP contribution is -2.34. The fourth-order valence-corrected chi connectivity index (χ4v) is 5.94. The molecular formula is C28H25BF3NO6S. The second-order valence-corrected chi connectivity index (χ2v) is 11.6. The summed E-state index contributed by atoms with van der Waals surface area (Å²) in [4.78, 5) is 13.1. The van der Waals surface area contributed by atoms with Crippen molar-refractivity contribution < 1.29 is 40.8 Å². The van der Waals surface area contributed by atoms with E-state index in [1.165, 1.54) is 36.4 Å². The molecule has 0 atom stereocenters. The van der Waals surface area contributed by atoms with Crippen molar-refractivity contribution in [1.29, 1.82) is 0 Å². The molecule has 0 radical (unpaired) electrons. The molecule has 1 aromatic heterocycles. The molecule has 0 aliphatic heterocycles. The number of ketones is 1. The molecule has 1 heterocycles. The number of hydrogen-bond donors (Lipinski definition) is 2. The van der Waals surface area contributed by atoms with Crippen LogP contribution in [0.3, 0.4) is 0 Å². The minimum Gasteiger partial charge on any atom is -0.455 e. The molecule has 1 saturated carbocycles. The van der Waals surface area contributed by atoms with Gasteiger partial charge in [-0.05, 0) is 72.3 Å². The van der Waals surface area contributed by atoms with Crippen LogP contribution in [0.1, 0.15) is 60.0 Å². The third kappa shape index (κ3) is 5.14. The number of hydrogen-bond acceptors (Lipinski definition) is 6. The summed E-state index contributed by atoms with van der Waals surface area (Å²) in [5.74, 6) is -0.501. The van der Waals surface area contributed by atoms with E-state index in [0.29, 0.717) is 22.1 Å². The van der Waals surface area contributed by atoms with Gasteiger partial charge in [0, 0.05) is 29.0 Å². The Kier molecular flexibility index (Phi) is 7.28. The summed E-state index contributed by atoms with van der Waals surface area (Å²) in [6, 6.07) is 11.8. The van der Waals surface area contributed by atoms with Crippen LogP contribution in [0.2, 0.25) is 0 Å². The van der Waals surface area contributed by atoms with Gasteiger partial charge in [0.2, 0.25) is 10.0 Å². The van der Waals surface area contributed by atoms with Crippen LogP contribution in [-0.2, 0) is 10.0 Å². The summed E-state index contributed by atoms with van der Waals surface area (Å²) in [6.45, 7) is 1.70. The maximum atomic E-state index is 13.8. The van der Waals surface area contributed by atoms with Crippen LogP contribution in [0.5, 0.6) is 0 Å². The van der Waals surface area contributed by atoms with Crippen molar-refractivity contribution in [2.75, 3.05) is 10.6 Å². The van der Waals surface area contributed by atoms with Crippen LogP contribution in [0.4, 0.5) is 24.5 Å². The molecule has 7 nitrogen and oxygen atoms in total. The normalized spacial score (nSPS) is 13.7. The summed E-state index contributed by atoms with van der Waals surface area (Å²) in [5, 5.41) is 19.5. The van der Waals surface area contributed by atoms with Crippen LogP contribution in [0, 0.1) is 5.82 Å². The van der Waals surface area contributed by atoms with E-state index in [2.05, 4.69) is 0 Å². The van der Waals surface area contributed by atoms with Crippen LogP contribution >= 0.6 is 0 Å². The molecule has 1 aliphatic carbocycles. The van der Waals surface area contributed by atoms with Crippen molar-refractivity contribution in [2.45, 2.75) is 38.5 Å². The summed E-state index contributed by atoms with van der Waals surface area (Å²) >= 11 is 0. The minimum absolute atomic E-state index is 0.0366. The Balaban J connectivity index is 1.78. The van der Waals surface area contributed by atoms with Gasteiger partial charge in [-0.3, -0.25) is 4.79 Å². The molecule has 0 amide bonds. The topological polar surface area (TPSA) is 108 Å². The van der Waals surface area contributed by atoms with E-state index in [1.54, 1.807) is 13.0 Å². The first-order chi connectivity index (χ1) is 18.9. The van der Waals surface area contributed by atoms with E-state index < -0.39 is 40.4 Å². The lowest BCUT2D eigenvalue weighted by Gasteiger charge is -2.26. The zero-order valence-corrected chi connectivity index (χ0v) is 22.4. The maximum Gasteiger partial charge on any atom is 0.488 e. The van der Waals surface area contributed by atoms with Gasteiger partial charge in [0.05, 0.1) is 23.2 Å². The van der Waals surface area contributed by atoms with E-state index in [9.17, 15) is 36.4 Å². The first-order valence-corrected chi connectivity index (χ1v) is 14.4. The summed E-state index contributed by atoms with van der Waals surface area (Å²) in [6.07, 6.45) is -0.489. The maximum absolute atomic E-state index is 13.8. The number of alkyl halides is 2. The first kappa shape index (κ1) is 27.9. The van der Waals surface area contributed by atoms with E-state index >= 15 is 0 Å². The molecule has 1 aliphatic rings. The summed E-state index contributed by atoms with van der Waals surface area (Å²) in [7, 11) is -6.29. The molecule has 5 rings (SSSR count). The lowest BCUT2D eigenvalue weighted by atomic mass is 9.77. The van der Waals surface area contributed by atoms with Crippen LogP contribution < -0.4 is 9.77 Å². The molecule has 12 heteroatoms. The molecule has 1 fully saturated rings. The van der Waals surface area contributed by atoms with Crippen molar-refractivity contribution >= 4 is 50.7 Å². The van der Waals surface area contributed by atoms with Gasteiger partial charge >= 0.3 is 7.12 Å². The standard InChI is InChI=1S/C28H25BF3NO6S/c1-3-24(34)26-21-13-19(15-4-5-15)23(14-25(21)39-27(26)16-6-8-17(30)9-7-16)33(40(2,37)38)18-10-11-22(29(35)36)20(12-18)28(31)32/h6-15,28,35-36H,3-5H2,1-2H3. The Labute approximate surface area is 229 Å². The van der Waals surface area contributed by atoms with Crippen molar-refractivity contribution in [2.24, 2.45) is 0 Å². The lowest BCUT2D eigenvalue weighted by molar-refractivity contribution is 0.0989. The predicted molar refractivity (Wildman–Crippen MR) is 146 cm³/mol. The average molecular weight is 571 g/mol. The number of fused-ring (bicyclic) bond motifs is 1. The second kappa shape index (κ2) is 10.4. The van der Waals surface area contributed by atoms with Gasteiger partial charge < -0.3 is 14.5 Å². The quantitative estimate of drug-likeness (QED) is 0.205. The Bertz CT molecular complexity index is 1720. The van der Waals surface area contributed by atoms with Crippen LogP contribution in [0.25, 0.3) is 22.3 Å². The molecular weight excluding hydrogens is 546 g/mol. The van der Waals surface area contributed by atoms with Crippen LogP contribution in [0.15, 0.2) is 59.0 Å². The van der Waals surface area contributed by atoms with Gasteiger partial charge in [-0.1, -0.05) is 13.0 Å². The predicted octanol–water partition coefficient (Wildman–Crippen LogP) is 5.42. The van der Waals surface area contributed by atoms with E-state index in [4.69, 9.17) is 4.42 Å². The highest BCUT2D eigenvalue weighted by Crippen LogP contribution is 2.49. The molecule has 0 saturated heterocycles. The zero-order chi connectivity index (χ0) is 28.9. The summed E-state index contributed by atoms with van der Waals surface area (Å²) in [5.41, 5.74) is 0.433. The average Bonchev–Trinajstić information content (AvgIpc) is 3.68. The molecule has 0 bridgehead atoms. The van der Waals surface area contributed by atoms with E-state index in [1.807, 2.05) is 0 Å². The van der Waals surface area contributed by atoms with Gasteiger partial charge in [-0.25, -0.2) is 25.9 Å². The third-order valence-corrected chi connectivity index (χ3v) is 8.00. The fourth-order valence-electron chi connectivity index (χ4n) is 4.93. The van der Waals surface area contributed by atoms with Gasteiger partial charge in [-0.2, -0.15) is 0 Å². The number of furan rings is 1. The number of rotatable bonds is 9. The molecule has 40 heavy (non-hydrogen) atoms. The molecule has 0 unspecified atom stereocenters. The van der Waals surface area contributed by atoms with Crippen molar-refractivity contribution in [3.05, 3.63) is 77.1 Å². The van der Waals surface area contributed by atoms with Crippen molar-refractivity contribution in [1.82, 2.24) is 0 Å². The number of carbonyl (C=O) groups is 1. The number of nitrogens with zero attached hydrogens (tertiary/aromatic N) is 1.